The number of carboxylic acid groups (broad SMARTS) is 1. The van der Waals surface area contributed by atoms with Crippen LogP contribution in [0.1, 0.15) is 42.0 Å². The second-order valence-corrected chi connectivity index (χ2v) is 29.4. The van der Waals surface area contributed by atoms with Gasteiger partial charge in [-0.2, -0.15) is 8.78 Å². The fraction of sp³-hybridized carbons (Fsp3) is 0.253. The van der Waals surface area contributed by atoms with Crippen LogP contribution in [0, 0.1) is 52.1 Å². The summed E-state index contributed by atoms with van der Waals surface area (Å²) in [5.41, 5.74) is 11.7. The number of morpholine rings is 2. The Morgan fingerprint density at radius 2 is 0.840 bits per heavy atom. The molecule has 4 aromatic heterocycles. The second-order valence-electron chi connectivity index (χ2n) is 27.5. The molecule has 41 nitrogen and oxygen atoms in total. The third-order valence-electron chi connectivity index (χ3n) is 18.9. The van der Waals surface area contributed by atoms with Crippen LogP contribution in [0.15, 0.2) is 212 Å². The summed E-state index contributed by atoms with van der Waals surface area (Å²) >= 11 is 0. The Labute approximate surface area is 748 Å². The largest absolute Gasteiger partial charge is 0.494 e. The van der Waals surface area contributed by atoms with E-state index in [2.05, 4.69) is 45.6 Å². The van der Waals surface area contributed by atoms with Gasteiger partial charge in [-0.3, -0.25) is 54.8 Å². The predicted octanol–water partition coefficient (Wildman–Crippen LogP) is 13.5. The normalized spacial score (nSPS) is 12.5. The van der Waals surface area contributed by atoms with Crippen LogP contribution in [0.2, 0.25) is 0 Å². The van der Waals surface area contributed by atoms with E-state index in [0.29, 0.717) is 142 Å². The van der Waals surface area contributed by atoms with Crippen LogP contribution in [0.4, 0.5) is 71.6 Å². The topological polar surface area (TPSA) is 517 Å². The number of nitrogens with two attached hydrogens (primary N) is 1. The smallest absolute Gasteiger partial charge is 0.307 e. The number of anilines is 7. The van der Waals surface area contributed by atoms with Gasteiger partial charge in [-0.15, -0.1) is 0 Å². The summed E-state index contributed by atoms with van der Waals surface area (Å²) in [5, 5.41) is 58.2. The Balaban J connectivity index is 0.000000192. The minimum absolute atomic E-state index is 0.0187. The average Bonchev–Trinajstić information content (AvgIpc) is 1.79. The quantitative estimate of drug-likeness (QED) is 0.00955. The fourth-order valence-corrected chi connectivity index (χ4v) is 13.2. The van der Waals surface area contributed by atoms with Gasteiger partial charge in [0.25, 0.3) is 17.8 Å². The third-order valence-corrected chi connectivity index (χ3v) is 19.7. The second kappa shape index (κ2) is 50.6. The van der Waals surface area contributed by atoms with Crippen LogP contribution >= 0.6 is 0 Å². The number of benzene rings is 8. The molecule has 0 atom stereocenters. The van der Waals surface area contributed by atoms with Crippen molar-refractivity contribution in [1.29, 1.82) is 0 Å². The average molecular weight is 1830 g/mol. The van der Waals surface area contributed by atoms with Gasteiger partial charge >= 0.3 is 11.4 Å². The number of aromatic nitrogens is 8. The van der Waals surface area contributed by atoms with Gasteiger partial charge in [-0.05, 0) is 66.8 Å². The number of rotatable bonds is 29. The number of ether oxygens (including phenoxy) is 9. The molecule has 0 aliphatic carbocycles. The van der Waals surface area contributed by atoms with E-state index < -0.39 is 52.5 Å². The molecule has 8 aromatic carbocycles. The lowest BCUT2D eigenvalue weighted by Gasteiger charge is -2.29. The van der Waals surface area contributed by atoms with Crippen LogP contribution in [0.5, 0.6) is 23.0 Å². The van der Waals surface area contributed by atoms with E-state index in [-0.39, 0.29) is 70.7 Å². The molecule has 0 bridgehead atoms. The van der Waals surface area contributed by atoms with Crippen LogP contribution in [0.25, 0.3) is 34.2 Å². The summed E-state index contributed by atoms with van der Waals surface area (Å²) < 4.78 is 101. The van der Waals surface area contributed by atoms with Crippen molar-refractivity contribution in [2.24, 2.45) is 0 Å². The zero-order valence-corrected chi connectivity index (χ0v) is 72.1. The number of hydrogen-bond acceptors (Lipinski definition) is 32. The van der Waals surface area contributed by atoms with Crippen molar-refractivity contribution in [3.8, 4) is 57.1 Å². The highest BCUT2D eigenvalue weighted by molar-refractivity contribution is 7.90. The Morgan fingerprint density at radius 3 is 1.24 bits per heavy atom. The number of carbonyl (C=O) groups excluding carboxylic acids is 2. The number of nitro benzene ring substituents is 4. The summed E-state index contributed by atoms with van der Waals surface area (Å²) in [6.07, 6.45) is 12.6. The lowest BCUT2D eigenvalue weighted by Crippen LogP contribution is -2.36. The van der Waals surface area contributed by atoms with Crippen molar-refractivity contribution < 1.29 is 99.0 Å². The third kappa shape index (κ3) is 29.2. The number of amides is 2. The van der Waals surface area contributed by atoms with E-state index in [1.54, 1.807) is 30.5 Å². The van der Waals surface area contributed by atoms with Crippen molar-refractivity contribution in [3.05, 3.63) is 282 Å². The number of nitrogens with zero attached hydrogens (tertiary/aromatic N) is 14. The zero-order chi connectivity index (χ0) is 94.2. The molecule has 131 heavy (non-hydrogen) atoms. The summed E-state index contributed by atoms with van der Waals surface area (Å²) in [4.78, 5) is 101. The number of halogens is 2. The molecule has 12 aromatic rings. The molecule has 0 saturated carbocycles. The van der Waals surface area contributed by atoms with Crippen molar-refractivity contribution >= 4 is 92.0 Å². The number of hydrogen-bond donors (Lipinski definition) is 5. The molecule has 6 N–H and O–H groups in total. The molecule has 3 aliphatic heterocycles. The van der Waals surface area contributed by atoms with E-state index in [1.807, 2.05) is 153 Å². The van der Waals surface area contributed by atoms with E-state index in [1.165, 1.54) is 66.0 Å². The van der Waals surface area contributed by atoms with Gasteiger partial charge in [0.2, 0.25) is 45.4 Å². The van der Waals surface area contributed by atoms with Crippen LogP contribution in [-0.2, 0) is 74.3 Å². The molecule has 3 aliphatic rings. The number of carbonyl (C=O) groups is 3. The first-order valence-electron chi connectivity index (χ1n) is 39.7. The molecular weight excluding hydrogens is 1740 g/mol. The maximum atomic E-state index is 13.1. The summed E-state index contributed by atoms with van der Waals surface area (Å²) in [6, 6.07) is 52.4. The lowest BCUT2D eigenvalue weighted by molar-refractivity contribution is -0.387. The molecular formula is C87H92F2N18O23S. The first-order chi connectivity index (χ1) is 63.3. The van der Waals surface area contributed by atoms with E-state index in [9.17, 15) is 67.2 Å². The SMILES string of the molecule is C1CCOCC1.COc1cc(F)c([N+](=O)[O-])cc1N.COc1cc(F)c([N+](=O)[O-])cc1NC=O.COc1cc(N2CCOCC2)c([N+](=O)[O-])cc1NC=O.COc1cc(N2CCOCC2)c([N+](=O)[O-])cc1Nc1nccc(-c2cn(-c3ccccc3)c(COCc3ccccc3)n2)n1.CS(=O)(=O)c1nccc(-c2cn(-c3ccccc3)c(COCc3ccccc3)n2)n1.O=CO. The minimum Gasteiger partial charge on any atom is -0.494 e. The maximum Gasteiger partial charge on any atom is 0.307 e. The van der Waals surface area contributed by atoms with Crippen molar-refractivity contribution in [3.63, 3.8) is 0 Å². The fourth-order valence-electron chi connectivity index (χ4n) is 12.7. The van der Waals surface area contributed by atoms with E-state index >= 15 is 0 Å². The number of nitrogen functional groups attached to an aromatic ring is 1. The zero-order valence-electron chi connectivity index (χ0n) is 71.3. The van der Waals surface area contributed by atoms with Crippen molar-refractivity contribution in [2.45, 2.75) is 50.8 Å². The van der Waals surface area contributed by atoms with Crippen LogP contribution in [-0.4, -0.2) is 192 Å². The van der Waals surface area contributed by atoms with E-state index in [4.69, 9.17) is 58.5 Å². The standard InChI is InChI=1S/C32H31N7O5.C22H20N4O3S.C12H15N3O5.C8H7FN2O4.C7H7FN2O3.C5H10O.CH2O2/c1-42-30-19-28(37-14-16-43-17-15-37)29(39(40)41)18-26(30)36-32-33-13-12-25(35-32)27-20-38(24-10-6-3-7-11-24)31(34-27)22-44-21-23-8-4-2-5-9-23;1-30(27,28)22-23-13-12-19(25-22)20-14-26(18-10-6-3-7-11-18)21(24-20)16-29-15-17-8-4-2-5-9-17;1-19-12-7-10(14-2-4-20-5-3-14)11(15(17)18)6-9(12)13-8-16;1-15-8-2-5(9)7(11(13)14)3-6(8)10-4-12;1-13-7-2-4(8)6(10(11)12)3-5(7)9;1-2-4-6-5-3-1;2-1-3/h2-13,18-20H,14-17,21-22H2,1H3,(H,33,35,36);2-14H,15-16H2,1H3;6-8H,2-5H2,1H3,(H,13,16);2-4H,1H3,(H,10,12);2-3H,9H2,1H3;1-5H2;1H,(H,2,3). The molecule has 0 unspecified atom stereocenters. The van der Waals surface area contributed by atoms with Gasteiger partial charge in [0, 0.05) is 130 Å². The van der Waals surface area contributed by atoms with Gasteiger partial charge in [-0.1, -0.05) is 97.1 Å². The van der Waals surface area contributed by atoms with Crippen LogP contribution < -0.4 is 50.4 Å². The molecule has 3 saturated heterocycles. The Hall–Kier alpha value is -15.6. The monoisotopic (exact) mass is 1830 g/mol. The Kier molecular flexibility index (Phi) is 38.3. The molecule has 7 heterocycles. The minimum atomic E-state index is -3.52. The predicted molar refractivity (Wildman–Crippen MR) is 477 cm³/mol. The molecule has 0 radical (unpaired) electrons. The maximum absolute atomic E-state index is 13.1. The molecule has 44 heteroatoms. The number of methoxy groups -OCH3 is 4. The highest BCUT2D eigenvalue weighted by atomic mass is 32.2. The van der Waals surface area contributed by atoms with Gasteiger partial charge in [0.15, 0.2) is 0 Å². The van der Waals surface area contributed by atoms with Crippen LogP contribution in [0.3, 0.4) is 0 Å². The van der Waals surface area contributed by atoms with Gasteiger partial charge in [0.1, 0.15) is 70.6 Å². The first kappa shape index (κ1) is 99.1. The summed E-state index contributed by atoms with van der Waals surface area (Å²) in [5.74, 6) is 0.572. The van der Waals surface area contributed by atoms with E-state index in [0.717, 1.165) is 66.2 Å². The number of nitrogens with one attached hydrogen (secondary N) is 3. The Bertz CT molecular complexity index is 5900. The molecule has 2 amide bonds. The molecule has 688 valence electrons. The lowest BCUT2D eigenvalue weighted by atomic mass is 10.2. The number of para-hydroxylation sites is 2. The highest BCUT2D eigenvalue weighted by Crippen LogP contribution is 2.42. The summed E-state index contributed by atoms with van der Waals surface area (Å²) in [6.45, 7) is 7.54. The number of imidazole rings is 2. The van der Waals surface area contributed by atoms with Crippen molar-refractivity contribution in [2.75, 3.05) is 132 Å². The molecule has 0 spiro atoms. The summed E-state index contributed by atoms with van der Waals surface area (Å²) in [7, 11) is 2.01. The number of sulfone groups is 1. The molecule has 15 rings (SSSR count). The number of nitro groups is 4. The van der Waals surface area contributed by atoms with Gasteiger partial charge < -0.3 is 88.4 Å². The molecule has 3 fully saturated rings. The van der Waals surface area contributed by atoms with Gasteiger partial charge in [0.05, 0.1) is 122 Å². The Morgan fingerprint density at radius 1 is 0.466 bits per heavy atom. The highest BCUT2D eigenvalue weighted by Gasteiger charge is 2.29. The van der Waals surface area contributed by atoms with Gasteiger partial charge in [-0.25, -0.2) is 38.3 Å². The van der Waals surface area contributed by atoms with Crippen molar-refractivity contribution in [1.82, 2.24) is 39.0 Å². The first-order valence-corrected chi connectivity index (χ1v) is 41.6.